The van der Waals surface area contributed by atoms with Crippen LogP contribution in [0.4, 0.5) is 0 Å². The Hall–Kier alpha value is 0.943. The molecule has 84 valence electrons. The van der Waals surface area contributed by atoms with Gasteiger partial charge < -0.3 is 38.7 Å². The first kappa shape index (κ1) is 29.4. The van der Waals surface area contributed by atoms with E-state index in [0.29, 0.717) is 0 Å². The van der Waals surface area contributed by atoms with Crippen LogP contribution in [0.3, 0.4) is 0 Å². The van der Waals surface area contributed by atoms with Crippen molar-refractivity contribution in [1.29, 1.82) is 0 Å². The third kappa shape index (κ3) is 52.3. The summed E-state index contributed by atoms with van der Waals surface area (Å²) in [6.45, 7) is 11.0. The van der Waals surface area contributed by atoms with Crippen molar-refractivity contribution < 1.29 is 51.0 Å². The summed E-state index contributed by atoms with van der Waals surface area (Å²) in [6, 6.07) is 0. The smallest absolute Gasteiger partial charge is 1.00 e. The molecule has 0 saturated carbocycles. The van der Waals surface area contributed by atoms with Gasteiger partial charge in [0.05, 0.1) is 0 Å². The second-order valence-corrected chi connectivity index (χ2v) is 2.00. The van der Waals surface area contributed by atoms with E-state index in [2.05, 4.69) is 26.0 Å². The fraction of sp³-hybridized carbons (Fsp3) is 0.455. The first-order valence-corrected chi connectivity index (χ1v) is 4.13. The molecule has 1 aliphatic carbocycles. The summed E-state index contributed by atoms with van der Waals surface area (Å²) < 4.78 is 0. The summed E-state index contributed by atoms with van der Waals surface area (Å²) in [6.07, 6.45) is 12.0. The van der Waals surface area contributed by atoms with Crippen molar-refractivity contribution in [2.45, 2.75) is 33.1 Å². The topological polar surface area (TPSA) is 0 Å². The minimum Gasteiger partial charge on any atom is -1.00 e. The minimum atomic E-state index is 0. The first-order valence-electron chi connectivity index (χ1n) is 4.13. The number of hydrogen-bond acceptors (Lipinski definition) is 0. The molecule has 0 atom stereocenters. The van der Waals surface area contributed by atoms with Crippen LogP contribution in [0.2, 0.25) is 0 Å². The van der Waals surface area contributed by atoms with Gasteiger partial charge in [0.2, 0.25) is 0 Å². The fourth-order valence-corrected chi connectivity index (χ4v) is 0.340. The summed E-state index contributed by atoms with van der Waals surface area (Å²) in [7, 11) is 0. The molecule has 0 spiro atoms. The van der Waals surface area contributed by atoms with Gasteiger partial charge in [-0.05, 0) is 0 Å². The van der Waals surface area contributed by atoms with Crippen LogP contribution >= 0.6 is 0 Å². The zero-order valence-electron chi connectivity index (χ0n) is 9.02. The van der Waals surface area contributed by atoms with E-state index < -0.39 is 0 Å². The van der Waals surface area contributed by atoms with E-state index in [0.717, 1.165) is 19.3 Å². The predicted molar refractivity (Wildman–Crippen MR) is 52.9 cm³/mol. The summed E-state index contributed by atoms with van der Waals surface area (Å²) >= 11 is 0. The molecule has 3 heteroatoms. The van der Waals surface area contributed by atoms with E-state index in [-0.39, 0.29) is 51.0 Å². The standard InChI is InChI=1S/C5H5.2C3H7.2ClH.Zr/c1-2-4-5-3-1;2*1-3-2;;;/h1-3H,4H2;2*1,3H2,2H3;2*1H;/q3*-1;;;+2/p-2. The molecule has 0 N–H and O–H groups in total. The van der Waals surface area contributed by atoms with Crippen molar-refractivity contribution in [3.63, 3.8) is 0 Å². The van der Waals surface area contributed by atoms with Gasteiger partial charge >= 0.3 is 26.2 Å². The molecule has 1 aliphatic rings. The van der Waals surface area contributed by atoms with E-state index >= 15 is 0 Å². The fourth-order valence-electron chi connectivity index (χ4n) is 0.340. The van der Waals surface area contributed by atoms with E-state index in [1.807, 2.05) is 26.0 Å². The van der Waals surface area contributed by atoms with E-state index in [1.165, 1.54) is 0 Å². The molecule has 0 saturated heterocycles. The molecular formula is C11H19Cl2Zr-3. The van der Waals surface area contributed by atoms with Crippen LogP contribution in [0.1, 0.15) is 33.1 Å². The number of allylic oxidation sites excluding steroid dienone is 4. The molecule has 14 heavy (non-hydrogen) atoms. The van der Waals surface area contributed by atoms with Gasteiger partial charge in [-0.1, -0.05) is 13.8 Å². The Bertz CT molecular complexity index is 89.5. The van der Waals surface area contributed by atoms with Gasteiger partial charge in [-0.2, -0.15) is 18.9 Å². The Balaban J connectivity index is -0.0000000276. The van der Waals surface area contributed by atoms with Gasteiger partial charge in [-0.15, -0.1) is 6.42 Å². The molecule has 0 aromatic rings. The molecule has 0 bridgehead atoms. The molecule has 0 aromatic heterocycles. The van der Waals surface area contributed by atoms with Crippen LogP contribution in [0, 0.1) is 19.9 Å². The maximum Gasteiger partial charge on any atom is 2.00 e. The minimum absolute atomic E-state index is 0. The zero-order chi connectivity index (χ0) is 8.95. The maximum atomic E-state index is 3.49. The molecule has 0 heterocycles. The second kappa shape index (κ2) is 37.0. The molecular weight excluding hydrogens is 294 g/mol. The third-order valence-electron chi connectivity index (χ3n) is 0.586. The monoisotopic (exact) mass is 311 g/mol. The second-order valence-electron chi connectivity index (χ2n) is 2.00. The van der Waals surface area contributed by atoms with Crippen molar-refractivity contribution in [2.24, 2.45) is 0 Å². The molecule has 0 radical (unpaired) electrons. The average Bonchev–Trinajstić information content (AvgIpc) is 2.44. The van der Waals surface area contributed by atoms with Crippen LogP contribution in [0.5, 0.6) is 0 Å². The normalized spacial score (nSPS) is 8.86. The van der Waals surface area contributed by atoms with Gasteiger partial charge in [0.25, 0.3) is 0 Å². The molecule has 0 unspecified atom stereocenters. The van der Waals surface area contributed by atoms with Crippen molar-refractivity contribution in [3.8, 4) is 0 Å². The molecule has 1 rings (SSSR count). The molecule has 0 aromatic carbocycles. The number of hydrogen-bond donors (Lipinski definition) is 0. The average molecular weight is 313 g/mol. The van der Waals surface area contributed by atoms with Crippen LogP contribution in [0.15, 0.2) is 18.2 Å². The van der Waals surface area contributed by atoms with Crippen LogP contribution in [0.25, 0.3) is 0 Å². The Morgan fingerprint density at radius 2 is 1.50 bits per heavy atom. The first-order chi connectivity index (χ1) is 5.33. The summed E-state index contributed by atoms with van der Waals surface area (Å²) in [5, 5.41) is 0. The summed E-state index contributed by atoms with van der Waals surface area (Å²) in [5.74, 6) is 0. The summed E-state index contributed by atoms with van der Waals surface area (Å²) in [4.78, 5) is 0. The van der Waals surface area contributed by atoms with E-state index in [1.54, 1.807) is 0 Å². The summed E-state index contributed by atoms with van der Waals surface area (Å²) in [5.41, 5.74) is 0. The van der Waals surface area contributed by atoms with Gasteiger partial charge in [-0.25, -0.2) is 12.2 Å². The van der Waals surface area contributed by atoms with Gasteiger partial charge in [0.1, 0.15) is 0 Å². The van der Waals surface area contributed by atoms with Gasteiger partial charge in [-0.3, -0.25) is 6.08 Å². The van der Waals surface area contributed by atoms with Crippen LogP contribution in [-0.2, 0) is 26.2 Å². The Labute approximate surface area is 122 Å². The third-order valence-corrected chi connectivity index (χ3v) is 0.586. The van der Waals surface area contributed by atoms with Gasteiger partial charge in [0.15, 0.2) is 0 Å². The Morgan fingerprint density at radius 1 is 1.14 bits per heavy atom. The maximum absolute atomic E-state index is 3.49. The van der Waals surface area contributed by atoms with Crippen molar-refractivity contribution in [1.82, 2.24) is 0 Å². The molecule has 0 aliphatic heterocycles. The number of halogens is 2. The van der Waals surface area contributed by atoms with Gasteiger partial charge in [0, 0.05) is 0 Å². The van der Waals surface area contributed by atoms with Crippen LogP contribution in [-0.4, -0.2) is 0 Å². The number of rotatable bonds is 0. The predicted octanol–water partition coefficient (Wildman–Crippen LogP) is -2.23. The SMILES string of the molecule is [C-]1=CC=CC1.[CH2-]CC.[CH2-]CC.[Cl-].[Cl-].[Zr+2]. The largest absolute Gasteiger partial charge is 2.00 e. The molecule has 0 nitrogen and oxygen atoms in total. The molecule has 0 fully saturated rings. The van der Waals surface area contributed by atoms with Crippen LogP contribution < -0.4 is 24.8 Å². The quantitative estimate of drug-likeness (QED) is 0.444. The Kier molecular flexibility index (Phi) is 77.7. The van der Waals surface area contributed by atoms with Crippen molar-refractivity contribution in [2.75, 3.05) is 0 Å². The van der Waals surface area contributed by atoms with Crippen molar-refractivity contribution >= 4 is 0 Å². The molecule has 0 amide bonds. The van der Waals surface area contributed by atoms with E-state index in [4.69, 9.17) is 0 Å². The Morgan fingerprint density at radius 3 is 1.57 bits per heavy atom. The van der Waals surface area contributed by atoms with Crippen molar-refractivity contribution in [3.05, 3.63) is 38.2 Å². The zero-order valence-corrected chi connectivity index (χ0v) is 13.0. The van der Waals surface area contributed by atoms with E-state index in [9.17, 15) is 0 Å².